The number of piperidine rings is 1. The quantitative estimate of drug-likeness (QED) is 0.432. The van der Waals surface area contributed by atoms with Crippen LogP contribution in [-0.4, -0.2) is 43.1 Å². The van der Waals surface area contributed by atoms with Gasteiger partial charge in [0.05, 0.1) is 16.4 Å². The zero-order valence-corrected chi connectivity index (χ0v) is 18.2. The Bertz CT molecular complexity index is 1510. The lowest BCUT2D eigenvalue weighted by Crippen LogP contribution is -2.29. The molecule has 5 aromatic rings. The van der Waals surface area contributed by atoms with Crippen LogP contribution in [0.15, 0.2) is 65.7 Å². The van der Waals surface area contributed by atoms with E-state index in [1.165, 1.54) is 24.8 Å². The van der Waals surface area contributed by atoms with Gasteiger partial charge in [-0.25, -0.2) is 0 Å². The zero-order chi connectivity index (χ0) is 22.2. The topological polar surface area (TPSA) is 90.6 Å². The van der Waals surface area contributed by atoms with Crippen LogP contribution in [0.25, 0.3) is 44.5 Å². The number of pyridine rings is 1. The lowest BCUT2D eigenvalue weighted by atomic mass is 10.0. The van der Waals surface area contributed by atoms with Crippen LogP contribution in [-0.2, 0) is 6.54 Å². The molecule has 7 nitrogen and oxygen atoms in total. The van der Waals surface area contributed by atoms with Crippen LogP contribution in [0.4, 0.5) is 0 Å². The minimum atomic E-state index is -0.263. The van der Waals surface area contributed by atoms with E-state index in [1.807, 2.05) is 36.7 Å². The minimum Gasteiger partial charge on any atom is -0.338 e. The van der Waals surface area contributed by atoms with Gasteiger partial charge in [-0.1, -0.05) is 24.6 Å². The van der Waals surface area contributed by atoms with Crippen molar-refractivity contribution in [1.29, 1.82) is 0 Å². The van der Waals surface area contributed by atoms with Crippen molar-refractivity contribution in [3.8, 4) is 22.6 Å². The number of H-pyrrole nitrogens is 2. The van der Waals surface area contributed by atoms with E-state index in [4.69, 9.17) is 0 Å². The fraction of sp³-hybridized carbons (Fsp3) is 0.231. The van der Waals surface area contributed by atoms with Gasteiger partial charge >= 0.3 is 0 Å². The van der Waals surface area contributed by atoms with E-state index in [0.29, 0.717) is 16.9 Å². The van der Waals surface area contributed by atoms with Crippen LogP contribution in [0.2, 0.25) is 0 Å². The first-order chi connectivity index (χ1) is 16.2. The highest BCUT2D eigenvalue weighted by Crippen LogP contribution is 2.29. The number of likely N-dealkylation sites (tertiary alicyclic amines) is 1. The molecule has 0 bridgehead atoms. The van der Waals surface area contributed by atoms with Crippen molar-refractivity contribution < 1.29 is 0 Å². The molecule has 2 N–H and O–H groups in total. The summed E-state index contributed by atoms with van der Waals surface area (Å²) in [7, 11) is 0. The number of aromatic amines is 2. The molecule has 1 saturated heterocycles. The van der Waals surface area contributed by atoms with Crippen molar-refractivity contribution in [2.45, 2.75) is 25.8 Å². The predicted molar refractivity (Wildman–Crippen MR) is 130 cm³/mol. The molecular weight excluding hydrogens is 412 g/mol. The van der Waals surface area contributed by atoms with E-state index in [9.17, 15) is 4.79 Å². The average Bonchev–Trinajstić information content (AvgIpc) is 3.28. The largest absolute Gasteiger partial charge is 0.338 e. The van der Waals surface area contributed by atoms with Crippen LogP contribution < -0.4 is 5.56 Å². The number of nitrogens with zero attached hydrogens (tertiary/aromatic N) is 4. The van der Waals surface area contributed by atoms with E-state index in [0.717, 1.165) is 47.2 Å². The summed E-state index contributed by atoms with van der Waals surface area (Å²) < 4.78 is 0. The number of aromatic nitrogens is 5. The second kappa shape index (κ2) is 8.26. The average molecular weight is 437 g/mol. The number of rotatable bonds is 4. The van der Waals surface area contributed by atoms with Crippen LogP contribution in [0.3, 0.4) is 0 Å². The van der Waals surface area contributed by atoms with Gasteiger partial charge in [0.1, 0.15) is 5.69 Å². The highest BCUT2D eigenvalue weighted by atomic mass is 16.1. The van der Waals surface area contributed by atoms with Gasteiger partial charge < -0.3 is 4.98 Å². The Balaban J connectivity index is 1.38. The lowest BCUT2D eigenvalue weighted by molar-refractivity contribution is 0.220. The number of hydrogen-bond donors (Lipinski definition) is 2. The number of fused-ring (bicyclic) bond motifs is 2. The second-order valence-electron chi connectivity index (χ2n) is 8.69. The predicted octanol–water partition coefficient (Wildman–Crippen LogP) is 4.51. The first-order valence-corrected chi connectivity index (χ1v) is 11.4. The Kier molecular flexibility index (Phi) is 4.96. The monoisotopic (exact) mass is 436 g/mol. The van der Waals surface area contributed by atoms with Gasteiger partial charge in [-0.15, -0.1) is 0 Å². The summed E-state index contributed by atoms with van der Waals surface area (Å²) >= 11 is 0. The standard InChI is InChI=1S/C26H24N6O/c33-26-20-6-2-3-7-22(20)28-25(29-26)24-21-13-18(8-9-23(21)30-31-24)19-12-17(14-27-15-19)16-32-10-4-1-5-11-32/h2-3,6-9,12-15H,1,4-5,10-11,16H2,(H,30,31)(H,28,29,33). The Hall–Kier alpha value is -3.84. The smallest absolute Gasteiger partial charge is 0.281 e. The maximum atomic E-state index is 12.5. The molecule has 4 heterocycles. The molecule has 0 radical (unpaired) electrons. The van der Waals surface area contributed by atoms with E-state index in [2.05, 4.69) is 48.2 Å². The van der Waals surface area contributed by atoms with Crippen LogP contribution in [0, 0.1) is 0 Å². The van der Waals surface area contributed by atoms with Gasteiger partial charge in [-0.05, 0) is 67.4 Å². The molecule has 33 heavy (non-hydrogen) atoms. The van der Waals surface area contributed by atoms with E-state index in [1.54, 1.807) is 6.07 Å². The van der Waals surface area contributed by atoms with Crippen molar-refractivity contribution >= 4 is 21.8 Å². The molecule has 7 heteroatoms. The molecule has 1 aliphatic heterocycles. The molecule has 1 fully saturated rings. The Morgan fingerprint density at radius 3 is 2.67 bits per heavy atom. The lowest BCUT2D eigenvalue weighted by Gasteiger charge is -2.26. The summed E-state index contributed by atoms with van der Waals surface area (Å²) in [5.74, 6) is 0.457. The summed E-state index contributed by atoms with van der Waals surface area (Å²) in [6.07, 6.45) is 7.75. The van der Waals surface area contributed by atoms with Gasteiger partial charge in [-0.3, -0.25) is 19.8 Å². The van der Waals surface area contributed by atoms with E-state index >= 15 is 0 Å². The summed E-state index contributed by atoms with van der Waals surface area (Å²) in [4.78, 5) is 27.1. The maximum absolute atomic E-state index is 12.5. The third kappa shape index (κ3) is 3.81. The van der Waals surface area contributed by atoms with Crippen molar-refractivity contribution in [3.05, 3.63) is 76.8 Å². The number of nitrogens with one attached hydrogen (secondary N) is 2. The second-order valence-corrected chi connectivity index (χ2v) is 8.69. The highest BCUT2D eigenvalue weighted by molar-refractivity contribution is 5.95. The molecule has 0 spiro atoms. The van der Waals surface area contributed by atoms with Crippen molar-refractivity contribution in [3.63, 3.8) is 0 Å². The van der Waals surface area contributed by atoms with Crippen molar-refractivity contribution in [2.24, 2.45) is 0 Å². The molecule has 6 rings (SSSR count). The first kappa shape index (κ1) is 19.8. The van der Waals surface area contributed by atoms with Gasteiger partial charge in [0.2, 0.25) is 0 Å². The Labute approximate surface area is 190 Å². The zero-order valence-electron chi connectivity index (χ0n) is 18.2. The number of hydrogen-bond acceptors (Lipinski definition) is 5. The molecule has 0 atom stereocenters. The molecule has 0 unspecified atom stereocenters. The summed E-state index contributed by atoms with van der Waals surface area (Å²) in [6, 6.07) is 15.8. The number of para-hydroxylation sites is 1. The first-order valence-electron chi connectivity index (χ1n) is 11.4. The molecule has 2 aromatic carbocycles. The van der Waals surface area contributed by atoms with Crippen LogP contribution in [0.1, 0.15) is 24.8 Å². The third-order valence-corrected chi connectivity index (χ3v) is 6.39. The molecule has 3 aromatic heterocycles. The fourth-order valence-electron chi connectivity index (χ4n) is 4.69. The maximum Gasteiger partial charge on any atom is 0.281 e. The van der Waals surface area contributed by atoms with Crippen molar-refractivity contribution in [1.82, 2.24) is 30.0 Å². The Morgan fingerprint density at radius 1 is 0.879 bits per heavy atom. The van der Waals surface area contributed by atoms with E-state index < -0.39 is 0 Å². The molecule has 164 valence electrons. The SMILES string of the molecule is O=c1nc(-c2n[nH]c3ccc(-c4cncc(CN5CCCCC5)c4)cc23)[nH]c2ccccc12. The summed E-state index contributed by atoms with van der Waals surface area (Å²) in [5.41, 5.74) is 5.35. The van der Waals surface area contributed by atoms with Crippen LogP contribution >= 0.6 is 0 Å². The van der Waals surface area contributed by atoms with E-state index in [-0.39, 0.29) is 5.56 Å². The summed E-state index contributed by atoms with van der Waals surface area (Å²) in [5, 5.41) is 9.00. The van der Waals surface area contributed by atoms with Crippen molar-refractivity contribution in [2.75, 3.05) is 13.1 Å². The molecular formula is C26H24N6O. The van der Waals surface area contributed by atoms with Gasteiger partial charge in [0, 0.05) is 29.9 Å². The Morgan fingerprint density at radius 2 is 1.76 bits per heavy atom. The minimum absolute atomic E-state index is 0.263. The fourth-order valence-corrected chi connectivity index (χ4v) is 4.69. The van der Waals surface area contributed by atoms with Gasteiger partial charge in [0.15, 0.2) is 5.82 Å². The van der Waals surface area contributed by atoms with Crippen LogP contribution in [0.5, 0.6) is 0 Å². The molecule has 0 aliphatic carbocycles. The third-order valence-electron chi connectivity index (χ3n) is 6.39. The normalized spacial score (nSPS) is 14.8. The molecule has 0 saturated carbocycles. The molecule has 0 amide bonds. The molecule has 1 aliphatic rings. The number of benzene rings is 2. The van der Waals surface area contributed by atoms with Gasteiger partial charge in [-0.2, -0.15) is 10.1 Å². The van der Waals surface area contributed by atoms with Gasteiger partial charge in [0.25, 0.3) is 5.56 Å². The summed E-state index contributed by atoms with van der Waals surface area (Å²) in [6.45, 7) is 3.25. The highest BCUT2D eigenvalue weighted by Gasteiger charge is 2.15.